The largest absolute Gasteiger partial charge is 0.492 e. The van der Waals surface area contributed by atoms with Crippen molar-refractivity contribution < 1.29 is 17.9 Å². The first kappa shape index (κ1) is 25.2. The molecule has 0 bridgehead atoms. The number of benzene rings is 2. The minimum atomic E-state index is -3.72. The van der Waals surface area contributed by atoms with Crippen molar-refractivity contribution in [3.8, 4) is 5.75 Å². The maximum atomic E-state index is 12.4. The molecule has 2 N–H and O–H groups in total. The normalized spacial score (nSPS) is 11.8. The van der Waals surface area contributed by atoms with Gasteiger partial charge in [-0.3, -0.25) is 9.52 Å². The molecule has 0 atom stereocenters. The lowest BCUT2D eigenvalue weighted by Crippen LogP contribution is -2.14. The van der Waals surface area contributed by atoms with E-state index in [4.69, 9.17) is 4.74 Å². The molecule has 0 aliphatic carbocycles. The number of ether oxygens (including phenoxy) is 1. The van der Waals surface area contributed by atoms with Gasteiger partial charge < -0.3 is 10.1 Å². The predicted molar refractivity (Wildman–Crippen MR) is 136 cm³/mol. The highest BCUT2D eigenvalue weighted by atomic mass is 79.9. The number of nitrogens with one attached hydrogen (secondary N) is 2. The average Bonchev–Trinajstić information content (AvgIpc) is 3.24. The van der Waals surface area contributed by atoms with Gasteiger partial charge in [-0.15, -0.1) is 11.3 Å². The van der Waals surface area contributed by atoms with Gasteiger partial charge in [-0.25, -0.2) is 13.4 Å². The molecule has 0 saturated heterocycles. The van der Waals surface area contributed by atoms with Crippen molar-refractivity contribution in [1.29, 1.82) is 0 Å². The van der Waals surface area contributed by atoms with Crippen LogP contribution in [0.2, 0.25) is 0 Å². The summed E-state index contributed by atoms with van der Waals surface area (Å²) in [4.78, 5) is 16.2. The summed E-state index contributed by atoms with van der Waals surface area (Å²) in [5.74, 6) is 0.573. The molecule has 0 radical (unpaired) electrons. The Morgan fingerprint density at radius 3 is 2.48 bits per heavy atom. The molecule has 1 heterocycles. The van der Waals surface area contributed by atoms with Crippen LogP contribution < -0.4 is 14.8 Å². The lowest BCUT2D eigenvalue weighted by Gasteiger charge is -2.20. The fourth-order valence-electron chi connectivity index (χ4n) is 2.89. The van der Waals surface area contributed by atoms with Gasteiger partial charge in [0.15, 0.2) is 5.13 Å². The maximum Gasteiger partial charge on any atom is 0.263 e. The van der Waals surface area contributed by atoms with Crippen LogP contribution in [0.1, 0.15) is 39.2 Å². The number of carbonyl (C=O) groups is 1. The molecule has 0 unspecified atom stereocenters. The van der Waals surface area contributed by atoms with Crippen molar-refractivity contribution in [1.82, 2.24) is 4.98 Å². The van der Waals surface area contributed by atoms with Crippen molar-refractivity contribution >= 4 is 54.0 Å². The average molecular weight is 553 g/mol. The molecule has 0 saturated carbocycles. The standard InChI is InChI=1S/C23H26BrN3O4S2/c1-23(2,3)16-6-11-20(19(24)15-16)31-13-4-5-21(28)26-17-7-9-18(10-8-17)33(29,30)27-22-25-12-14-32-22/h6-12,14-15H,4-5,13H2,1-3H3,(H,25,27)(H,26,28). The molecule has 3 aromatic rings. The summed E-state index contributed by atoms with van der Waals surface area (Å²) >= 11 is 4.74. The predicted octanol–water partition coefficient (Wildman–Crippen LogP) is 5.80. The molecule has 0 spiro atoms. The fourth-order valence-corrected chi connectivity index (χ4v) is 5.17. The smallest absolute Gasteiger partial charge is 0.263 e. The summed E-state index contributed by atoms with van der Waals surface area (Å²) in [7, 11) is -3.72. The van der Waals surface area contributed by atoms with Gasteiger partial charge in [-0.05, 0) is 69.7 Å². The van der Waals surface area contributed by atoms with Crippen LogP contribution in [-0.2, 0) is 20.2 Å². The van der Waals surface area contributed by atoms with Crippen LogP contribution in [0.25, 0.3) is 0 Å². The minimum Gasteiger partial charge on any atom is -0.492 e. The summed E-state index contributed by atoms with van der Waals surface area (Å²) in [6.07, 6.45) is 2.35. The zero-order valence-corrected chi connectivity index (χ0v) is 21.8. The number of sulfonamides is 1. The molecule has 33 heavy (non-hydrogen) atoms. The van der Waals surface area contributed by atoms with Crippen molar-refractivity contribution in [2.24, 2.45) is 0 Å². The minimum absolute atomic E-state index is 0.0549. The van der Waals surface area contributed by atoms with Crippen LogP contribution >= 0.6 is 27.3 Å². The molecule has 7 nitrogen and oxygen atoms in total. The van der Waals surface area contributed by atoms with E-state index in [0.717, 1.165) is 10.2 Å². The van der Waals surface area contributed by atoms with Crippen LogP contribution in [0.4, 0.5) is 10.8 Å². The third-order valence-electron chi connectivity index (χ3n) is 4.71. The van der Waals surface area contributed by atoms with Gasteiger partial charge in [0.2, 0.25) is 5.91 Å². The molecule has 176 valence electrons. The number of rotatable bonds is 9. The monoisotopic (exact) mass is 551 g/mol. The number of nitrogens with zero attached hydrogens (tertiary/aromatic N) is 1. The fraction of sp³-hybridized carbons (Fsp3) is 0.304. The number of hydrogen-bond donors (Lipinski definition) is 2. The van der Waals surface area contributed by atoms with Gasteiger partial charge in [0.1, 0.15) is 5.75 Å². The van der Waals surface area contributed by atoms with E-state index in [0.29, 0.717) is 23.8 Å². The number of hydrogen-bond acceptors (Lipinski definition) is 6. The number of carbonyl (C=O) groups excluding carboxylic acids is 1. The van der Waals surface area contributed by atoms with E-state index < -0.39 is 10.0 Å². The maximum absolute atomic E-state index is 12.4. The van der Waals surface area contributed by atoms with Gasteiger partial charge in [-0.2, -0.15) is 0 Å². The van der Waals surface area contributed by atoms with Gasteiger partial charge in [0.05, 0.1) is 16.0 Å². The Morgan fingerprint density at radius 1 is 1.15 bits per heavy atom. The SMILES string of the molecule is CC(C)(C)c1ccc(OCCCC(=O)Nc2ccc(S(=O)(=O)Nc3nccs3)cc2)c(Br)c1. The van der Waals surface area contributed by atoms with Gasteiger partial charge in [0.25, 0.3) is 10.0 Å². The number of thiazole rings is 1. The second-order valence-corrected chi connectivity index (χ2v) is 11.8. The van der Waals surface area contributed by atoms with E-state index in [1.165, 1.54) is 35.2 Å². The Kier molecular flexibility index (Phi) is 8.14. The van der Waals surface area contributed by atoms with Crippen LogP contribution in [0.5, 0.6) is 5.75 Å². The highest BCUT2D eigenvalue weighted by Crippen LogP contribution is 2.31. The second-order valence-electron chi connectivity index (χ2n) is 8.36. The lowest BCUT2D eigenvalue weighted by atomic mass is 9.87. The number of halogens is 1. The molecule has 1 aromatic heterocycles. The Morgan fingerprint density at radius 2 is 1.88 bits per heavy atom. The molecular weight excluding hydrogens is 526 g/mol. The van der Waals surface area contributed by atoms with E-state index in [1.807, 2.05) is 12.1 Å². The second kappa shape index (κ2) is 10.7. The first-order chi connectivity index (χ1) is 15.5. The van der Waals surface area contributed by atoms with Crippen molar-refractivity contribution in [2.45, 2.75) is 43.9 Å². The summed E-state index contributed by atoms with van der Waals surface area (Å²) in [5.41, 5.74) is 1.78. The molecule has 0 aliphatic rings. The Hall–Kier alpha value is -2.43. The molecule has 3 rings (SSSR count). The van der Waals surface area contributed by atoms with Crippen LogP contribution in [-0.4, -0.2) is 25.9 Å². The van der Waals surface area contributed by atoms with E-state index in [9.17, 15) is 13.2 Å². The zero-order valence-electron chi connectivity index (χ0n) is 18.6. The number of aromatic nitrogens is 1. The third-order valence-corrected chi connectivity index (χ3v) is 7.50. The van der Waals surface area contributed by atoms with E-state index in [1.54, 1.807) is 17.5 Å². The summed E-state index contributed by atoms with van der Waals surface area (Å²) < 4.78 is 33.8. The van der Waals surface area contributed by atoms with E-state index >= 15 is 0 Å². The van der Waals surface area contributed by atoms with Crippen LogP contribution in [0, 0.1) is 0 Å². The third kappa shape index (κ3) is 7.28. The Balaban J connectivity index is 1.45. The first-order valence-corrected chi connectivity index (χ1v) is 13.5. The highest BCUT2D eigenvalue weighted by molar-refractivity contribution is 9.10. The molecule has 0 aliphatic heterocycles. The summed E-state index contributed by atoms with van der Waals surface area (Å²) in [6.45, 7) is 6.86. The van der Waals surface area contributed by atoms with Crippen molar-refractivity contribution in [3.05, 3.63) is 64.1 Å². The van der Waals surface area contributed by atoms with Gasteiger partial charge in [-0.1, -0.05) is 26.8 Å². The van der Waals surface area contributed by atoms with Crippen molar-refractivity contribution in [3.63, 3.8) is 0 Å². The first-order valence-electron chi connectivity index (χ1n) is 10.3. The van der Waals surface area contributed by atoms with Gasteiger partial charge in [0, 0.05) is 23.7 Å². The number of anilines is 2. The summed E-state index contributed by atoms with van der Waals surface area (Å²) in [5, 5.41) is 4.75. The Bertz CT molecular complexity index is 1190. The molecule has 10 heteroatoms. The quantitative estimate of drug-likeness (QED) is 0.327. The lowest BCUT2D eigenvalue weighted by molar-refractivity contribution is -0.116. The zero-order chi connectivity index (χ0) is 24.1. The van der Waals surface area contributed by atoms with Crippen LogP contribution in [0.15, 0.2) is 63.4 Å². The highest BCUT2D eigenvalue weighted by Gasteiger charge is 2.16. The molecular formula is C23H26BrN3O4S2. The van der Waals surface area contributed by atoms with Gasteiger partial charge >= 0.3 is 0 Å². The topological polar surface area (TPSA) is 97.4 Å². The van der Waals surface area contributed by atoms with E-state index in [2.05, 4.69) is 57.8 Å². The molecule has 0 fully saturated rings. The molecule has 2 aromatic carbocycles. The Labute approximate surface area is 206 Å². The number of amides is 1. The molecule has 1 amide bonds. The van der Waals surface area contributed by atoms with E-state index in [-0.39, 0.29) is 22.6 Å². The summed E-state index contributed by atoms with van der Waals surface area (Å²) in [6, 6.07) is 12.0. The van der Waals surface area contributed by atoms with Crippen molar-refractivity contribution in [2.75, 3.05) is 16.6 Å². The van der Waals surface area contributed by atoms with Crippen LogP contribution in [0.3, 0.4) is 0 Å².